The molecule has 0 radical (unpaired) electrons. The zero-order valence-corrected chi connectivity index (χ0v) is 43.7. The molecule has 0 aromatic rings. The van der Waals surface area contributed by atoms with Gasteiger partial charge in [-0.25, -0.2) is 4.79 Å². The highest BCUT2D eigenvalue weighted by atomic mass is 16.8. The summed E-state index contributed by atoms with van der Waals surface area (Å²) in [5.74, 6) is -7.89. The minimum absolute atomic E-state index is 0.801. The van der Waals surface area contributed by atoms with E-state index in [0.29, 0.717) is 0 Å². The minimum atomic E-state index is -3.24. The van der Waals surface area contributed by atoms with E-state index in [2.05, 4.69) is 16.0 Å². The maximum absolute atomic E-state index is 13.2. The lowest BCUT2D eigenvalue weighted by atomic mass is 9.88. The highest BCUT2D eigenvalue weighted by Gasteiger charge is 2.61. The zero-order chi connectivity index (χ0) is 60.3. The first-order valence-electron chi connectivity index (χ1n) is 25.6. The van der Waals surface area contributed by atoms with Gasteiger partial charge in [0, 0.05) is 27.2 Å². The molecule has 0 unspecified atom stereocenters. The van der Waals surface area contributed by atoms with Crippen molar-refractivity contribution in [2.75, 3.05) is 33.0 Å². The third-order valence-electron chi connectivity index (χ3n) is 14.5. The minimum Gasteiger partial charge on any atom is -0.477 e. The van der Waals surface area contributed by atoms with Gasteiger partial charge in [-0.05, 0) is 6.92 Å². The van der Waals surface area contributed by atoms with Crippen LogP contribution in [0.25, 0.3) is 0 Å². The first-order valence-corrected chi connectivity index (χ1v) is 25.6. The zero-order valence-electron chi connectivity index (χ0n) is 43.7. The molecule has 0 aliphatic carbocycles. The summed E-state index contributed by atoms with van der Waals surface area (Å²) < 4.78 is 64.1. The van der Waals surface area contributed by atoms with E-state index in [0.717, 1.165) is 20.8 Å². The van der Waals surface area contributed by atoms with Gasteiger partial charge in [-0.3, -0.25) is 14.4 Å². The molecule has 0 aromatic heterocycles. The number of carboxylic acids is 1. The van der Waals surface area contributed by atoms with Gasteiger partial charge in [0.2, 0.25) is 17.7 Å². The topological polar surface area (TPSA) is 570 Å². The van der Waals surface area contributed by atoms with Crippen molar-refractivity contribution in [3.63, 3.8) is 0 Å². The van der Waals surface area contributed by atoms with Gasteiger partial charge in [-0.15, -0.1) is 0 Å². The fourth-order valence-electron chi connectivity index (χ4n) is 10.3. The molecule has 0 spiro atoms. The molecule has 6 fully saturated rings. The van der Waals surface area contributed by atoms with E-state index in [1.165, 1.54) is 6.92 Å². The van der Waals surface area contributed by atoms with Gasteiger partial charge in [0.25, 0.3) is 5.79 Å². The van der Waals surface area contributed by atoms with Gasteiger partial charge >= 0.3 is 5.97 Å². The van der Waals surface area contributed by atoms with Crippen molar-refractivity contribution < 1.29 is 163 Å². The molecule has 6 aliphatic heterocycles. The highest BCUT2D eigenvalue weighted by Crippen LogP contribution is 2.40. The van der Waals surface area contributed by atoms with Gasteiger partial charge in [0.05, 0.1) is 51.3 Å². The predicted molar refractivity (Wildman–Crippen MR) is 250 cm³/mol. The van der Waals surface area contributed by atoms with Crippen LogP contribution in [-0.2, 0) is 71.3 Å². The first kappa shape index (κ1) is 66.9. The number of carbonyl (C=O) groups excluding carboxylic acids is 3. The van der Waals surface area contributed by atoms with Crippen molar-refractivity contribution in [3.05, 3.63) is 0 Å². The number of aliphatic carboxylic acids is 1. The summed E-state index contributed by atoms with van der Waals surface area (Å²) in [7, 11) is 0. The molecular weight excluding hydrogens is 1110 g/mol. The maximum Gasteiger partial charge on any atom is 0.364 e. The van der Waals surface area contributed by atoms with Crippen molar-refractivity contribution in [1.82, 2.24) is 16.0 Å². The number of carboxylic acid groups (broad SMARTS) is 1. The fraction of sp³-hybridized carbons (Fsp3) is 0.911. The number of carbonyl (C=O) groups is 4. The number of aliphatic hydroxyl groups excluding tert-OH is 17. The average molecular weight is 1190 g/mol. The summed E-state index contributed by atoms with van der Waals surface area (Å²) in [6.45, 7) is -1.04. The quantitative estimate of drug-likeness (QED) is 0.0507. The third kappa shape index (κ3) is 14.7. The lowest BCUT2D eigenvalue weighted by molar-refractivity contribution is -0.392. The van der Waals surface area contributed by atoms with Crippen LogP contribution >= 0.6 is 0 Å². The predicted octanol–water partition coefficient (Wildman–Crippen LogP) is -13.4. The molecule has 36 heteroatoms. The summed E-state index contributed by atoms with van der Waals surface area (Å²) in [6, 6.07) is -5.19. The number of aliphatic hydroxyl groups is 17. The van der Waals surface area contributed by atoms with Gasteiger partial charge < -0.3 is 160 Å². The summed E-state index contributed by atoms with van der Waals surface area (Å²) in [5.41, 5.74) is 0. The standard InChI is InChI=1S/C45H75N3O33/c1-11-24(58)29(63)31(65)41(72-11)79-37-23(48-14(4)55)40(71-10-20-28(62)35(22(39(68)73-20)47-13(3)54)78-42-32(66)30(64)26(60)17(7-50)74-42)76-19(9-52)34(37)77-43-33(67)38(27(61)18(8-51)75-43)81-45(44(69)70)5-15(56)21(46-12(2)53)36(80-45)25(59)16(57)6-49/h11,15-43,49-52,56-68H,5-10H2,1-4H3,(H,46,53)(H,47,54)(H,48,55)(H,69,70)/t11-,15-,16+,17+,18+,19+,20+,21+,22+,23+,24+,25+,26-,27-,28-,29+,30-,31-,32+,33+,34+,35+,36+,37+,38-,39-,40+,41-,42-,43-,45-/m0/s1. The number of nitrogens with one attached hydrogen (secondary N) is 3. The Morgan fingerprint density at radius 2 is 1.01 bits per heavy atom. The molecule has 31 atom stereocenters. The van der Waals surface area contributed by atoms with Gasteiger partial charge in [0.15, 0.2) is 31.5 Å². The van der Waals surface area contributed by atoms with Gasteiger partial charge in [0.1, 0.15) is 134 Å². The van der Waals surface area contributed by atoms with Gasteiger partial charge in [-0.1, -0.05) is 0 Å². The largest absolute Gasteiger partial charge is 0.477 e. The SMILES string of the molecule is CC(=O)N[C@@H]1[C@@H](O[C@@H]2O[C@H](CO)[C@H](O)[C@H](O)[C@H]2O)[C@@H](O)[C@@H](CO[C@@H]2O[C@H](CO)[C@@H](O[C@@H]3O[C@H](CO)[C@H](O)[C@H](O[C@]4(C(=O)O)C[C@H](O)[C@@H](NC(C)=O)[C@H]([C@H](O)[C@H](O)CO)O4)[C@H]3O)[C@H](O[C@@H]3O[C@@H](C)[C@@H](O)[C@@H](O)[C@@H]3O)[C@H]2NC(C)=O)O[C@@H]1O. The monoisotopic (exact) mass is 1190 g/mol. The van der Waals surface area contributed by atoms with Crippen molar-refractivity contribution in [3.8, 4) is 0 Å². The van der Waals surface area contributed by atoms with E-state index in [1.54, 1.807) is 0 Å². The van der Waals surface area contributed by atoms with Crippen LogP contribution in [-0.4, -0.2) is 338 Å². The van der Waals surface area contributed by atoms with Crippen LogP contribution in [0, 0.1) is 0 Å². The van der Waals surface area contributed by atoms with Gasteiger partial charge in [-0.2, -0.15) is 0 Å². The summed E-state index contributed by atoms with van der Waals surface area (Å²) in [4.78, 5) is 50.7. The van der Waals surface area contributed by atoms with E-state index in [-0.39, 0.29) is 0 Å². The Bertz CT molecular complexity index is 2070. The lowest BCUT2D eigenvalue weighted by Gasteiger charge is -2.52. The molecule has 21 N–H and O–H groups in total. The highest BCUT2D eigenvalue weighted by molar-refractivity contribution is 5.77. The smallest absolute Gasteiger partial charge is 0.364 e. The summed E-state index contributed by atoms with van der Waals surface area (Å²) in [6.07, 6.45) is -55.0. The normalized spacial score (nSPS) is 46.7. The van der Waals surface area contributed by atoms with Crippen molar-refractivity contribution in [1.29, 1.82) is 0 Å². The van der Waals surface area contributed by atoms with Crippen molar-refractivity contribution in [2.45, 2.75) is 224 Å². The molecule has 6 rings (SSSR count). The van der Waals surface area contributed by atoms with Crippen molar-refractivity contribution >= 4 is 23.7 Å². The molecule has 6 heterocycles. The second-order valence-corrected chi connectivity index (χ2v) is 20.4. The number of rotatable bonds is 21. The fourth-order valence-corrected chi connectivity index (χ4v) is 10.3. The second-order valence-electron chi connectivity index (χ2n) is 20.4. The average Bonchev–Trinajstić information content (AvgIpc) is 3.58. The Balaban J connectivity index is 1.34. The van der Waals surface area contributed by atoms with Crippen LogP contribution in [0.5, 0.6) is 0 Å². The Hall–Kier alpha value is -3.24. The van der Waals surface area contributed by atoms with E-state index in [4.69, 9.17) is 52.1 Å². The molecular formula is C45H75N3O33. The number of amides is 3. The molecule has 6 aliphatic rings. The Morgan fingerprint density at radius 3 is 1.57 bits per heavy atom. The van der Waals surface area contributed by atoms with Crippen LogP contribution in [0.15, 0.2) is 0 Å². The summed E-state index contributed by atoms with van der Waals surface area (Å²) >= 11 is 0. The molecule has 6 saturated heterocycles. The van der Waals surface area contributed by atoms with E-state index in [9.17, 15) is 111 Å². The molecule has 81 heavy (non-hydrogen) atoms. The maximum atomic E-state index is 13.2. The Kier molecular flexibility index (Phi) is 23.4. The van der Waals surface area contributed by atoms with Crippen LogP contribution < -0.4 is 16.0 Å². The number of hydrogen-bond acceptors (Lipinski definition) is 32. The molecule has 36 nitrogen and oxygen atoms in total. The number of hydrogen-bond donors (Lipinski definition) is 21. The first-order chi connectivity index (χ1) is 38.0. The number of ether oxygens (including phenoxy) is 11. The molecule has 468 valence electrons. The third-order valence-corrected chi connectivity index (χ3v) is 14.5. The van der Waals surface area contributed by atoms with Crippen LogP contribution in [0.2, 0.25) is 0 Å². The Morgan fingerprint density at radius 1 is 0.531 bits per heavy atom. The van der Waals surface area contributed by atoms with Crippen LogP contribution in [0.4, 0.5) is 0 Å². The van der Waals surface area contributed by atoms with Crippen LogP contribution in [0.1, 0.15) is 34.1 Å². The lowest BCUT2D eigenvalue weighted by Crippen LogP contribution is -2.71. The Labute approximate surface area is 459 Å². The summed E-state index contributed by atoms with van der Waals surface area (Å²) in [5, 5.41) is 201. The molecule has 3 amide bonds. The second kappa shape index (κ2) is 28.3. The molecule has 0 aromatic carbocycles. The van der Waals surface area contributed by atoms with E-state index in [1.807, 2.05) is 0 Å². The molecule has 0 bridgehead atoms. The molecule has 0 saturated carbocycles. The van der Waals surface area contributed by atoms with E-state index >= 15 is 0 Å². The van der Waals surface area contributed by atoms with Crippen molar-refractivity contribution in [2.24, 2.45) is 0 Å². The van der Waals surface area contributed by atoms with Crippen LogP contribution in [0.3, 0.4) is 0 Å². The van der Waals surface area contributed by atoms with E-state index < -0.39 is 253 Å².